The minimum absolute atomic E-state index is 0.0332. The second kappa shape index (κ2) is 11.1. The summed E-state index contributed by atoms with van der Waals surface area (Å²) in [5, 5.41) is 12.4. The molecule has 5 nitrogen and oxygen atoms in total. The van der Waals surface area contributed by atoms with Gasteiger partial charge in [-0.2, -0.15) is 0 Å². The van der Waals surface area contributed by atoms with Gasteiger partial charge in [0.1, 0.15) is 5.75 Å². The zero-order chi connectivity index (χ0) is 22.2. The lowest BCUT2D eigenvalue weighted by molar-refractivity contribution is -0.123. The van der Waals surface area contributed by atoms with Crippen LogP contribution in [0.5, 0.6) is 5.75 Å². The van der Waals surface area contributed by atoms with Crippen LogP contribution in [0, 0.1) is 11.8 Å². The molecule has 3 rings (SSSR count). The van der Waals surface area contributed by atoms with Gasteiger partial charge in [0, 0.05) is 23.6 Å². The second-order valence-electron chi connectivity index (χ2n) is 8.81. The average Bonchev–Trinajstić information content (AvgIpc) is 3.00. The molecule has 0 aromatic heterocycles. The Morgan fingerprint density at radius 2 is 1.87 bits per heavy atom. The van der Waals surface area contributed by atoms with Crippen LogP contribution in [-0.2, 0) is 4.79 Å². The molecule has 1 fully saturated rings. The van der Waals surface area contributed by atoms with Crippen LogP contribution < -0.4 is 5.32 Å². The van der Waals surface area contributed by atoms with E-state index in [1.807, 2.05) is 26.0 Å². The summed E-state index contributed by atoms with van der Waals surface area (Å²) >= 11 is 0. The van der Waals surface area contributed by atoms with Gasteiger partial charge in [-0.1, -0.05) is 31.6 Å². The highest BCUT2D eigenvalue weighted by molar-refractivity contribution is 5.96. The summed E-state index contributed by atoms with van der Waals surface area (Å²) in [5.74, 6) is 0.872. The van der Waals surface area contributed by atoms with E-state index in [1.54, 1.807) is 24.3 Å². The number of hydrogen-bond donors (Lipinski definition) is 2. The van der Waals surface area contributed by atoms with Crippen LogP contribution in [0.15, 0.2) is 59.8 Å². The van der Waals surface area contributed by atoms with Crippen molar-refractivity contribution in [1.29, 1.82) is 0 Å². The first kappa shape index (κ1) is 23.0. The third kappa shape index (κ3) is 6.93. The smallest absolute Gasteiger partial charge is 0.226 e. The molecular weight excluding hydrogens is 388 g/mol. The normalized spacial score (nSPS) is 17.8. The molecule has 0 bridgehead atoms. The van der Waals surface area contributed by atoms with Crippen LogP contribution in [0.2, 0.25) is 0 Å². The number of benzene rings is 1. The maximum atomic E-state index is 12.3. The highest BCUT2D eigenvalue weighted by atomic mass is 16.3. The van der Waals surface area contributed by atoms with Crippen LogP contribution in [-0.4, -0.2) is 41.3 Å². The molecule has 0 atom stereocenters. The fourth-order valence-electron chi connectivity index (χ4n) is 4.11. The van der Waals surface area contributed by atoms with Crippen molar-refractivity contribution in [2.24, 2.45) is 11.8 Å². The quantitative estimate of drug-likeness (QED) is 0.600. The number of hydrogen-bond acceptors (Lipinski definition) is 4. The molecule has 1 aliphatic heterocycles. The van der Waals surface area contributed by atoms with Gasteiger partial charge < -0.3 is 15.3 Å². The predicted molar refractivity (Wildman–Crippen MR) is 124 cm³/mol. The number of phenols is 1. The molecule has 2 aliphatic rings. The minimum atomic E-state index is -0.0332. The molecule has 1 aromatic rings. The number of allylic oxidation sites excluding steroid dienone is 5. The zero-order valence-corrected chi connectivity index (χ0v) is 18.6. The summed E-state index contributed by atoms with van der Waals surface area (Å²) in [7, 11) is 0. The second-order valence-corrected chi connectivity index (χ2v) is 8.81. The van der Waals surface area contributed by atoms with Gasteiger partial charge in [-0.25, -0.2) is 0 Å². The number of nitrogens with zero attached hydrogens (tertiary/aromatic N) is 1. The van der Waals surface area contributed by atoms with Crippen molar-refractivity contribution in [1.82, 2.24) is 10.2 Å². The molecular formula is C26H34N2O3. The lowest BCUT2D eigenvalue weighted by Gasteiger charge is -2.33. The zero-order valence-electron chi connectivity index (χ0n) is 18.6. The number of phenolic OH excluding ortho intramolecular Hbond substituents is 1. The van der Waals surface area contributed by atoms with Crippen LogP contribution >= 0.6 is 0 Å². The number of likely N-dealkylation sites (tertiary alicyclic amines) is 1. The molecule has 0 saturated carbocycles. The third-order valence-corrected chi connectivity index (χ3v) is 6.08. The van der Waals surface area contributed by atoms with Crippen molar-refractivity contribution in [2.45, 2.75) is 46.0 Å². The van der Waals surface area contributed by atoms with Crippen molar-refractivity contribution in [2.75, 3.05) is 19.6 Å². The highest BCUT2D eigenvalue weighted by Crippen LogP contribution is 2.29. The number of piperidine rings is 1. The Hall–Kier alpha value is -2.66. The average molecular weight is 423 g/mol. The number of aromatic hydroxyl groups is 1. The largest absolute Gasteiger partial charge is 0.508 e. The molecule has 1 saturated heterocycles. The summed E-state index contributed by atoms with van der Waals surface area (Å²) < 4.78 is 0. The Bertz CT molecular complexity index is 857. The fraction of sp³-hybridized carbons (Fsp3) is 0.462. The first-order valence-electron chi connectivity index (χ1n) is 11.3. The summed E-state index contributed by atoms with van der Waals surface area (Å²) in [4.78, 5) is 26.8. The van der Waals surface area contributed by atoms with Crippen molar-refractivity contribution >= 4 is 11.7 Å². The van der Waals surface area contributed by atoms with E-state index in [9.17, 15) is 14.7 Å². The van der Waals surface area contributed by atoms with Gasteiger partial charge in [-0.3, -0.25) is 9.59 Å². The number of carbonyl (C=O) groups is 2. The van der Waals surface area contributed by atoms with Gasteiger partial charge in [-0.05, 0) is 87.7 Å². The van der Waals surface area contributed by atoms with E-state index < -0.39 is 0 Å². The van der Waals surface area contributed by atoms with Gasteiger partial charge in [0.25, 0.3) is 0 Å². The Balaban J connectivity index is 1.44. The summed E-state index contributed by atoms with van der Waals surface area (Å²) in [5.41, 5.74) is 2.95. The predicted octanol–water partition coefficient (Wildman–Crippen LogP) is 4.61. The van der Waals surface area contributed by atoms with Gasteiger partial charge in [-0.15, -0.1) is 0 Å². The third-order valence-electron chi connectivity index (χ3n) is 6.08. The SMILES string of the molecule is CC(C)C(=O)NC1=CC=CCC(C2CCN(CCCC(=O)c3ccc(O)cc3)CC2)=C1. The van der Waals surface area contributed by atoms with Crippen molar-refractivity contribution < 1.29 is 14.7 Å². The first-order chi connectivity index (χ1) is 14.9. The van der Waals surface area contributed by atoms with E-state index in [-0.39, 0.29) is 23.4 Å². The number of carbonyl (C=O) groups excluding carboxylic acids is 2. The number of amides is 1. The Labute approximate surface area is 185 Å². The lowest BCUT2D eigenvalue weighted by Crippen LogP contribution is -2.35. The molecule has 1 heterocycles. The molecule has 166 valence electrons. The first-order valence-corrected chi connectivity index (χ1v) is 11.3. The molecule has 0 radical (unpaired) electrons. The van der Waals surface area contributed by atoms with E-state index in [2.05, 4.69) is 22.4 Å². The maximum Gasteiger partial charge on any atom is 0.226 e. The molecule has 5 heteroatoms. The molecule has 2 N–H and O–H groups in total. The Morgan fingerprint density at radius 3 is 2.55 bits per heavy atom. The van der Waals surface area contributed by atoms with Crippen molar-refractivity contribution in [3.05, 3.63) is 65.4 Å². The van der Waals surface area contributed by atoms with E-state index in [0.717, 1.165) is 51.0 Å². The summed E-state index contributed by atoms with van der Waals surface area (Å²) in [6.45, 7) is 6.82. The van der Waals surface area contributed by atoms with Crippen LogP contribution in [0.1, 0.15) is 56.3 Å². The molecule has 0 spiro atoms. The number of ketones is 1. The van der Waals surface area contributed by atoms with Crippen molar-refractivity contribution in [3.63, 3.8) is 0 Å². The van der Waals surface area contributed by atoms with Crippen LogP contribution in [0.3, 0.4) is 0 Å². The van der Waals surface area contributed by atoms with Gasteiger partial charge in [0.15, 0.2) is 5.78 Å². The van der Waals surface area contributed by atoms with Crippen LogP contribution in [0.25, 0.3) is 0 Å². The minimum Gasteiger partial charge on any atom is -0.508 e. The number of Topliss-reactive ketones (excluding diaryl/α,β-unsaturated/α-hetero) is 1. The molecule has 1 aliphatic carbocycles. The molecule has 0 unspecified atom stereocenters. The standard InChI is InChI=1S/C26H34N2O3/c1-19(2)26(31)27-23-7-4-3-6-22(18-23)20-13-16-28(17-14-20)15-5-8-25(30)21-9-11-24(29)12-10-21/h3-4,7,9-12,18-20,29H,5-6,8,13-17H2,1-2H3,(H,27,31). The van der Waals surface area contributed by atoms with Crippen LogP contribution in [0.4, 0.5) is 0 Å². The molecule has 31 heavy (non-hydrogen) atoms. The maximum absolute atomic E-state index is 12.3. The van der Waals surface area contributed by atoms with Gasteiger partial charge in [0.05, 0.1) is 0 Å². The fourth-order valence-corrected chi connectivity index (χ4v) is 4.11. The number of rotatable bonds is 8. The summed E-state index contributed by atoms with van der Waals surface area (Å²) in [6, 6.07) is 6.49. The topological polar surface area (TPSA) is 69.6 Å². The van der Waals surface area contributed by atoms with E-state index in [0.29, 0.717) is 17.9 Å². The Morgan fingerprint density at radius 1 is 1.16 bits per heavy atom. The number of nitrogens with one attached hydrogen (secondary N) is 1. The van der Waals surface area contributed by atoms with Gasteiger partial charge >= 0.3 is 0 Å². The van der Waals surface area contributed by atoms with E-state index >= 15 is 0 Å². The molecule has 1 amide bonds. The monoisotopic (exact) mass is 422 g/mol. The Kier molecular flexibility index (Phi) is 8.24. The molecule has 1 aromatic carbocycles. The van der Waals surface area contributed by atoms with Gasteiger partial charge in [0.2, 0.25) is 5.91 Å². The highest BCUT2D eigenvalue weighted by Gasteiger charge is 2.22. The summed E-state index contributed by atoms with van der Waals surface area (Å²) in [6.07, 6.45) is 12.9. The van der Waals surface area contributed by atoms with Crippen molar-refractivity contribution in [3.8, 4) is 5.75 Å². The van der Waals surface area contributed by atoms with E-state index in [1.165, 1.54) is 5.57 Å². The van der Waals surface area contributed by atoms with E-state index in [4.69, 9.17) is 0 Å². The lowest BCUT2D eigenvalue weighted by atomic mass is 9.87.